The van der Waals surface area contributed by atoms with Crippen LogP contribution in [0.1, 0.15) is 29.1 Å². The molecule has 0 aromatic heterocycles. The molecule has 1 fully saturated rings. The molecule has 156 valence electrons. The smallest absolute Gasteiger partial charge is 0.231 e. The summed E-state index contributed by atoms with van der Waals surface area (Å²) in [5, 5.41) is 0. The van der Waals surface area contributed by atoms with Crippen molar-refractivity contribution in [2.45, 2.75) is 12.4 Å². The van der Waals surface area contributed by atoms with Crippen LogP contribution in [0.15, 0.2) is 24.3 Å². The van der Waals surface area contributed by atoms with E-state index in [1.54, 1.807) is 28.4 Å². The second kappa shape index (κ2) is 8.36. The molecule has 2 aliphatic heterocycles. The standard InChI is InChI=1S/C21H24O8/c1-22-17-7-12(8-18(23-2)20(17)25-4)19(24-3)13-9-15-16(29-11-28-15)10-14(13)21-26-5-6-27-21/h7-10,19,21H,5-6,11H2,1-4H3. The minimum absolute atomic E-state index is 0.173. The topological polar surface area (TPSA) is 73.8 Å². The zero-order valence-electron chi connectivity index (χ0n) is 16.9. The first-order chi connectivity index (χ1) is 14.2. The van der Waals surface area contributed by atoms with Gasteiger partial charge < -0.3 is 37.9 Å². The van der Waals surface area contributed by atoms with Gasteiger partial charge in [0.15, 0.2) is 29.3 Å². The maximum Gasteiger partial charge on any atom is 0.231 e. The van der Waals surface area contributed by atoms with Crippen molar-refractivity contribution >= 4 is 0 Å². The molecule has 2 aromatic carbocycles. The predicted octanol–water partition coefficient (Wildman–Crippen LogP) is 3.22. The van der Waals surface area contributed by atoms with E-state index in [4.69, 9.17) is 37.9 Å². The summed E-state index contributed by atoms with van der Waals surface area (Å²) in [5.74, 6) is 2.90. The van der Waals surface area contributed by atoms with Crippen molar-refractivity contribution in [1.29, 1.82) is 0 Å². The summed E-state index contributed by atoms with van der Waals surface area (Å²) in [4.78, 5) is 0. The summed E-state index contributed by atoms with van der Waals surface area (Å²) >= 11 is 0. The molecular weight excluding hydrogens is 380 g/mol. The summed E-state index contributed by atoms with van der Waals surface area (Å²) in [7, 11) is 6.36. The van der Waals surface area contributed by atoms with Crippen LogP contribution in [0.25, 0.3) is 0 Å². The fourth-order valence-electron chi connectivity index (χ4n) is 3.64. The predicted molar refractivity (Wildman–Crippen MR) is 102 cm³/mol. The normalized spacial score (nSPS) is 16.7. The van der Waals surface area contributed by atoms with E-state index < -0.39 is 12.4 Å². The molecule has 0 bridgehead atoms. The van der Waals surface area contributed by atoms with E-state index in [9.17, 15) is 0 Å². The minimum Gasteiger partial charge on any atom is -0.493 e. The van der Waals surface area contributed by atoms with E-state index >= 15 is 0 Å². The molecule has 0 radical (unpaired) electrons. The molecule has 1 atom stereocenters. The summed E-state index contributed by atoms with van der Waals surface area (Å²) in [5.41, 5.74) is 2.49. The van der Waals surface area contributed by atoms with Crippen LogP contribution >= 0.6 is 0 Å². The van der Waals surface area contributed by atoms with E-state index in [1.807, 2.05) is 24.3 Å². The van der Waals surface area contributed by atoms with Crippen LogP contribution in [0.5, 0.6) is 28.7 Å². The fraction of sp³-hybridized carbons (Fsp3) is 0.429. The largest absolute Gasteiger partial charge is 0.493 e. The van der Waals surface area contributed by atoms with Crippen molar-refractivity contribution < 1.29 is 37.9 Å². The SMILES string of the molecule is COc1cc(C(OC)c2cc3c(cc2C2OCCO2)OCO3)cc(OC)c1OC. The average molecular weight is 404 g/mol. The van der Waals surface area contributed by atoms with Gasteiger partial charge in [0, 0.05) is 12.7 Å². The van der Waals surface area contributed by atoms with Gasteiger partial charge in [-0.15, -0.1) is 0 Å². The molecule has 0 saturated carbocycles. The van der Waals surface area contributed by atoms with E-state index in [0.717, 1.165) is 16.7 Å². The Morgan fingerprint density at radius 3 is 2.00 bits per heavy atom. The molecule has 4 rings (SSSR count). The first-order valence-electron chi connectivity index (χ1n) is 9.19. The van der Waals surface area contributed by atoms with Crippen LogP contribution < -0.4 is 23.7 Å². The molecule has 0 N–H and O–H groups in total. The van der Waals surface area contributed by atoms with Crippen LogP contribution in [0.2, 0.25) is 0 Å². The maximum absolute atomic E-state index is 5.90. The first kappa shape index (κ1) is 19.6. The van der Waals surface area contributed by atoms with E-state index in [0.29, 0.717) is 42.0 Å². The Balaban J connectivity index is 1.84. The van der Waals surface area contributed by atoms with E-state index in [1.165, 1.54) is 0 Å². The van der Waals surface area contributed by atoms with E-state index in [2.05, 4.69) is 0 Å². The molecule has 1 unspecified atom stereocenters. The summed E-state index contributed by atoms with van der Waals surface area (Å²) in [6, 6.07) is 7.51. The highest BCUT2D eigenvalue weighted by atomic mass is 16.7. The Hall–Kier alpha value is -2.68. The van der Waals surface area contributed by atoms with Gasteiger partial charge in [-0.2, -0.15) is 0 Å². The monoisotopic (exact) mass is 404 g/mol. The van der Waals surface area contributed by atoms with Gasteiger partial charge in [-0.05, 0) is 35.4 Å². The molecule has 2 heterocycles. The molecule has 29 heavy (non-hydrogen) atoms. The highest BCUT2D eigenvalue weighted by Crippen LogP contribution is 2.46. The van der Waals surface area contributed by atoms with Crippen molar-refractivity contribution in [3.8, 4) is 28.7 Å². The summed E-state index contributed by atoms with van der Waals surface area (Å²) in [6.45, 7) is 1.23. The van der Waals surface area contributed by atoms with Gasteiger partial charge in [0.1, 0.15) is 6.10 Å². The van der Waals surface area contributed by atoms with E-state index in [-0.39, 0.29) is 6.79 Å². The van der Waals surface area contributed by atoms with Crippen LogP contribution in [-0.2, 0) is 14.2 Å². The van der Waals surface area contributed by atoms with Crippen molar-refractivity contribution in [3.05, 3.63) is 41.0 Å². The molecule has 0 aliphatic carbocycles. The molecule has 0 amide bonds. The van der Waals surface area contributed by atoms with Gasteiger partial charge in [-0.1, -0.05) is 0 Å². The molecule has 8 nitrogen and oxygen atoms in total. The Labute approximate surface area is 169 Å². The van der Waals surface area contributed by atoms with Gasteiger partial charge in [0.2, 0.25) is 12.5 Å². The molecule has 2 aliphatic rings. The maximum atomic E-state index is 5.90. The third-order valence-corrected chi connectivity index (χ3v) is 4.96. The Morgan fingerprint density at radius 1 is 0.828 bits per heavy atom. The minimum atomic E-state index is -0.501. The summed E-state index contributed by atoms with van der Waals surface area (Å²) < 4.78 is 45.0. The van der Waals surface area contributed by atoms with Crippen molar-refractivity contribution in [2.24, 2.45) is 0 Å². The fourth-order valence-corrected chi connectivity index (χ4v) is 3.64. The number of rotatable bonds is 7. The van der Waals surface area contributed by atoms with Crippen molar-refractivity contribution in [3.63, 3.8) is 0 Å². The number of hydrogen-bond acceptors (Lipinski definition) is 8. The molecule has 2 aromatic rings. The quantitative estimate of drug-likeness (QED) is 0.697. The second-order valence-corrected chi connectivity index (χ2v) is 6.48. The lowest BCUT2D eigenvalue weighted by Gasteiger charge is -2.24. The van der Waals surface area contributed by atoms with Crippen molar-refractivity contribution in [1.82, 2.24) is 0 Å². The number of hydrogen-bond donors (Lipinski definition) is 0. The lowest BCUT2D eigenvalue weighted by Crippen LogP contribution is -2.11. The average Bonchev–Trinajstić information content (AvgIpc) is 3.44. The Bertz CT molecular complexity index is 850. The molecule has 0 spiro atoms. The van der Waals surface area contributed by atoms with Gasteiger partial charge >= 0.3 is 0 Å². The van der Waals surface area contributed by atoms with Gasteiger partial charge in [-0.25, -0.2) is 0 Å². The van der Waals surface area contributed by atoms with Gasteiger partial charge in [0.05, 0.1) is 34.5 Å². The van der Waals surface area contributed by atoms with Crippen LogP contribution in [-0.4, -0.2) is 48.4 Å². The van der Waals surface area contributed by atoms with Gasteiger partial charge in [0.25, 0.3) is 0 Å². The number of methoxy groups -OCH3 is 4. The summed E-state index contributed by atoms with van der Waals surface area (Å²) in [6.07, 6.45) is -0.958. The number of ether oxygens (including phenoxy) is 8. The highest BCUT2D eigenvalue weighted by molar-refractivity contribution is 5.57. The molecule has 8 heteroatoms. The molecular formula is C21H24O8. The number of benzene rings is 2. The Kier molecular flexibility index (Phi) is 5.66. The number of fused-ring (bicyclic) bond motifs is 1. The van der Waals surface area contributed by atoms with Crippen LogP contribution in [0, 0.1) is 0 Å². The third kappa shape index (κ3) is 3.55. The first-order valence-corrected chi connectivity index (χ1v) is 9.19. The zero-order chi connectivity index (χ0) is 20.4. The highest BCUT2D eigenvalue weighted by Gasteiger charge is 2.31. The lowest BCUT2D eigenvalue weighted by molar-refractivity contribution is -0.0461. The molecule has 1 saturated heterocycles. The van der Waals surface area contributed by atoms with Crippen LogP contribution in [0.4, 0.5) is 0 Å². The van der Waals surface area contributed by atoms with Crippen molar-refractivity contribution in [2.75, 3.05) is 48.4 Å². The lowest BCUT2D eigenvalue weighted by atomic mass is 9.95. The Morgan fingerprint density at radius 2 is 1.45 bits per heavy atom. The van der Waals surface area contributed by atoms with Crippen LogP contribution in [0.3, 0.4) is 0 Å². The zero-order valence-corrected chi connectivity index (χ0v) is 16.9. The van der Waals surface area contributed by atoms with Gasteiger partial charge in [-0.3, -0.25) is 0 Å². The third-order valence-electron chi connectivity index (χ3n) is 4.96. The second-order valence-electron chi connectivity index (χ2n) is 6.48.